The fraction of sp³-hybridized carbons (Fsp3) is 0.400. The van der Waals surface area contributed by atoms with Gasteiger partial charge in [0.2, 0.25) is 5.88 Å². The van der Waals surface area contributed by atoms with E-state index >= 15 is 0 Å². The molecule has 1 N–H and O–H groups in total. The van der Waals surface area contributed by atoms with E-state index in [4.69, 9.17) is 9.84 Å². The summed E-state index contributed by atoms with van der Waals surface area (Å²) in [5.74, 6) is 1.53. The molecule has 2 aromatic rings. The molecule has 0 aliphatic carbocycles. The molecular formula is C10H13N3O2. The third-order valence-electron chi connectivity index (χ3n) is 2.12. The van der Waals surface area contributed by atoms with Gasteiger partial charge in [0, 0.05) is 6.42 Å². The number of hydrogen-bond acceptors (Lipinski definition) is 4. The molecule has 0 bridgehead atoms. The highest BCUT2D eigenvalue weighted by Crippen LogP contribution is 2.15. The minimum absolute atomic E-state index is 0.0000281. The summed E-state index contributed by atoms with van der Waals surface area (Å²) in [6.45, 7) is 2.29. The average molecular weight is 207 g/mol. The Morgan fingerprint density at radius 2 is 2.27 bits per heavy atom. The van der Waals surface area contributed by atoms with Gasteiger partial charge in [-0.2, -0.15) is 0 Å². The highest BCUT2D eigenvalue weighted by atomic mass is 16.5. The van der Waals surface area contributed by atoms with Gasteiger partial charge in [0.25, 0.3) is 0 Å². The lowest BCUT2D eigenvalue weighted by Crippen LogP contribution is -2.06. The Morgan fingerprint density at radius 1 is 1.40 bits per heavy atom. The van der Waals surface area contributed by atoms with Crippen molar-refractivity contribution < 1.29 is 9.84 Å². The SMILES string of the molecule is CCc1nnc2cccc(OCCO)n12. The highest BCUT2D eigenvalue weighted by Gasteiger charge is 2.07. The van der Waals surface area contributed by atoms with E-state index in [1.807, 2.05) is 29.5 Å². The van der Waals surface area contributed by atoms with Crippen molar-refractivity contribution in [1.29, 1.82) is 0 Å². The topological polar surface area (TPSA) is 59.7 Å². The van der Waals surface area contributed by atoms with Crippen LogP contribution < -0.4 is 4.74 Å². The maximum absolute atomic E-state index is 8.71. The van der Waals surface area contributed by atoms with E-state index in [0.717, 1.165) is 17.9 Å². The van der Waals surface area contributed by atoms with Crippen LogP contribution in [0.2, 0.25) is 0 Å². The predicted molar refractivity (Wildman–Crippen MR) is 54.9 cm³/mol. The summed E-state index contributed by atoms with van der Waals surface area (Å²) in [5.41, 5.74) is 0.766. The Kier molecular flexibility index (Phi) is 2.82. The van der Waals surface area contributed by atoms with Crippen LogP contribution in [0, 0.1) is 0 Å². The maximum Gasteiger partial charge on any atom is 0.200 e. The van der Waals surface area contributed by atoms with Gasteiger partial charge in [-0.25, -0.2) is 4.40 Å². The summed E-state index contributed by atoms with van der Waals surface area (Å²) in [6, 6.07) is 5.57. The second-order valence-corrected chi connectivity index (χ2v) is 3.10. The molecule has 0 atom stereocenters. The molecule has 0 radical (unpaired) electrons. The normalized spacial score (nSPS) is 10.8. The molecule has 0 spiro atoms. The number of rotatable bonds is 4. The number of ether oxygens (including phenoxy) is 1. The Labute approximate surface area is 87.3 Å². The number of fused-ring (bicyclic) bond motifs is 1. The molecule has 0 amide bonds. The molecule has 0 saturated heterocycles. The standard InChI is InChI=1S/C10H13N3O2/c1-2-8-11-12-9-4-3-5-10(13(8)9)15-7-6-14/h3-5,14H,2,6-7H2,1H3. The van der Waals surface area contributed by atoms with Crippen LogP contribution in [0.1, 0.15) is 12.7 Å². The fourth-order valence-electron chi connectivity index (χ4n) is 1.46. The van der Waals surface area contributed by atoms with Gasteiger partial charge in [-0.15, -0.1) is 10.2 Å². The molecule has 0 aliphatic rings. The maximum atomic E-state index is 8.71. The van der Waals surface area contributed by atoms with Gasteiger partial charge in [0.15, 0.2) is 5.65 Å². The Morgan fingerprint density at radius 3 is 3.00 bits per heavy atom. The minimum atomic E-state index is -0.0000281. The number of aromatic nitrogens is 3. The molecule has 0 unspecified atom stereocenters. The zero-order chi connectivity index (χ0) is 10.7. The van der Waals surface area contributed by atoms with E-state index in [2.05, 4.69) is 10.2 Å². The Balaban J connectivity index is 2.47. The first-order valence-corrected chi connectivity index (χ1v) is 4.93. The molecule has 15 heavy (non-hydrogen) atoms. The van der Waals surface area contributed by atoms with Crippen molar-refractivity contribution in [2.24, 2.45) is 0 Å². The number of pyridine rings is 1. The minimum Gasteiger partial charge on any atom is -0.476 e. The molecule has 0 aromatic carbocycles. The van der Waals surface area contributed by atoms with E-state index in [0.29, 0.717) is 5.88 Å². The first-order chi connectivity index (χ1) is 7.36. The van der Waals surface area contributed by atoms with Gasteiger partial charge in [-0.05, 0) is 12.1 Å². The van der Waals surface area contributed by atoms with Crippen molar-refractivity contribution in [3.8, 4) is 5.88 Å². The summed E-state index contributed by atoms with van der Waals surface area (Å²) >= 11 is 0. The molecule has 5 nitrogen and oxygen atoms in total. The van der Waals surface area contributed by atoms with E-state index < -0.39 is 0 Å². The second kappa shape index (κ2) is 4.27. The summed E-state index contributed by atoms with van der Waals surface area (Å²) in [5, 5.41) is 16.8. The zero-order valence-corrected chi connectivity index (χ0v) is 8.55. The highest BCUT2D eigenvalue weighted by molar-refractivity contribution is 5.42. The van der Waals surface area contributed by atoms with Crippen LogP contribution in [0.3, 0.4) is 0 Å². The number of aliphatic hydroxyl groups excluding tert-OH is 1. The van der Waals surface area contributed by atoms with Crippen molar-refractivity contribution in [2.75, 3.05) is 13.2 Å². The zero-order valence-electron chi connectivity index (χ0n) is 8.55. The molecular weight excluding hydrogens is 194 g/mol. The summed E-state index contributed by atoms with van der Waals surface area (Å²) in [4.78, 5) is 0. The van der Waals surface area contributed by atoms with Crippen LogP contribution >= 0.6 is 0 Å². The van der Waals surface area contributed by atoms with E-state index in [1.165, 1.54) is 0 Å². The van der Waals surface area contributed by atoms with Crippen molar-refractivity contribution in [3.63, 3.8) is 0 Å². The van der Waals surface area contributed by atoms with E-state index in [1.54, 1.807) is 0 Å². The van der Waals surface area contributed by atoms with Gasteiger partial charge in [-0.1, -0.05) is 13.0 Å². The Bertz CT molecular complexity index is 453. The lowest BCUT2D eigenvalue weighted by Gasteiger charge is -2.07. The average Bonchev–Trinajstić information content (AvgIpc) is 2.69. The summed E-state index contributed by atoms with van der Waals surface area (Å²) < 4.78 is 7.26. The number of hydrogen-bond donors (Lipinski definition) is 1. The van der Waals surface area contributed by atoms with E-state index in [9.17, 15) is 0 Å². The summed E-state index contributed by atoms with van der Waals surface area (Å²) in [7, 11) is 0. The third kappa shape index (κ3) is 1.78. The third-order valence-corrected chi connectivity index (χ3v) is 2.12. The lowest BCUT2D eigenvalue weighted by atomic mass is 10.4. The van der Waals surface area contributed by atoms with Gasteiger partial charge >= 0.3 is 0 Å². The van der Waals surface area contributed by atoms with Crippen molar-refractivity contribution in [2.45, 2.75) is 13.3 Å². The predicted octanol–water partition coefficient (Wildman–Crippen LogP) is 0.663. The van der Waals surface area contributed by atoms with Gasteiger partial charge in [0.05, 0.1) is 6.61 Å². The van der Waals surface area contributed by atoms with Crippen LogP contribution in [0.15, 0.2) is 18.2 Å². The number of aliphatic hydroxyl groups is 1. The molecule has 2 rings (SSSR count). The van der Waals surface area contributed by atoms with Crippen LogP contribution in [-0.4, -0.2) is 32.9 Å². The Hall–Kier alpha value is -1.62. The molecule has 2 aromatic heterocycles. The number of aryl methyl sites for hydroxylation is 1. The molecule has 5 heteroatoms. The van der Waals surface area contributed by atoms with Crippen LogP contribution in [0.25, 0.3) is 5.65 Å². The monoisotopic (exact) mass is 207 g/mol. The number of nitrogens with zero attached hydrogens (tertiary/aromatic N) is 3. The quantitative estimate of drug-likeness (QED) is 0.800. The first kappa shape index (κ1) is 9.92. The smallest absolute Gasteiger partial charge is 0.200 e. The summed E-state index contributed by atoms with van der Waals surface area (Å²) in [6.07, 6.45) is 0.792. The lowest BCUT2D eigenvalue weighted by molar-refractivity contribution is 0.195. The molecule has 80 valence electrons. The van der Waals surface area contributed by atoms with Crippen LogP contribution in [0.4, 0.5) is 0 Å². The van der Waals surface area contributed by atoms with Crippen LogP contribution in [0.5, 0.6) is 5.88 Å². The van der Waals surface area contributed by atoms with Crippen molar-refractivity contribution in [3.05, 3.63) is 24.0 Å². The fourth-order valence-corrected chi connectivity index (χ4v) is 1.46. The van der Waals surface area contributed by atoms with Gasteiger partial charge in [-0.3, -0.25) is 0 Å². The van der Waals surface area contributed by atoms with Crippen molar-refractivity contribution >= 4 is 5.65 Å². The molecule has 0 saturated carbocycles. The van der Waals surface area contributed by atoms with Gasteiger partial charge in [0.1, 0.15) is 12.4 Å². The molecule has 0 aliphatic heterocycles. The van der Waals surface area contributed by atoms with Gasteiger partial charge < -0.3 is 9.84 Å². The molecule has 0 fully saturated rings. The second-order valence-electron chi connectivity index (χ2n) is 3.10. The van der Waals surface area contributed by atoms with E-state index in [-0.39, 0.29) is 13.2 Å². The van der Waals surface area contributed by atoms with Crippen LogP contribution in [-0.2, 0) is 6.42 Å². The van der Waals surface area contributed by atoms with Crippen molar-refractivity contribution in [1.82, 2.24) is 14.6 Å². The first-order valence-electron chi connectivity index (χ1n) is 4.93. The largest absolute Gasteiger partial charge is 0.476 e. The molecule has 2 heterocycles.